The number of rotatable bonds is 11. The molecule has 2 aromatic rings. The lowest BCUT2D eigenvalue weighted by atomic mass is 10.0. The monoisotopic (exact) mass is 630 g/mol. The van der Waals surface area contributed by atoms with Crippen LogP contribution in [0.15, 0.2) is 48.5 Å². The first kappa shape index (κ1) is 36.0. The van der Waals surface area contributed by atoms with E-state index >= 15 is 0 Å². The fraction of sp³-hybridized carbons (Fsp3) is 0.433. The Morgan fingerprint density at radius 1 is 0.778 bits per heavy atom. The molecule has 0 bridgehead atoms. The van der Waals surface area contributed by atoms with Crippen LogP contribution in [0.25, 0.3) is 0 Å². The summed E-state index contributed by atoms with van der Waals surface area (Å²) in [4.78, 5) is 72.5. The highest BCUT2D eigenvalue weighted by molar-refractivity contribution is 5.92. The van der Waals surface area contributed by atoms with Crippen LogP contribution >= 0.6 is 0 Å². The summed E-state index contributed by atoms with van der Waals surface area (Å²) in [5, 5.41) is 18.1. The predicted molar refractivity (Wildman–Crippen MR) is 160 cm³/mol. The number of hydrogen-bond acceptors (Lipinski definition) is 11. The van der Waals surface area contributed by atoms with Crippen molar-refractivity contribution < 1.29 is 47.8 Å². The van der Waals surface area contributed by atoms with E-state index in [2.05, 4.69) is 16.0 Å². The second-order valence-electron chi connectivity index (χ2n) is 11.8. The molecule has 0 aliphatic carbocycles. The van der Waals surface area contributed by atoms with Gasteiger partial charge in [-0.3, -0.25) is 19.7 Å². The number of nitro benzene ring substituents is 1. The molecule has 2 atom stereocenters. The number of hydrogen-bond donors (Lipinski definition) is 3. The molecule has 0 unspecified atom stereocenters. The van der Waals surface area contributed by atoms with Crippen LogP contribution in [0.1, 0.15) is 54.0 Å². The van der Waals surface area contributed by atoms with Crippen molar-refractivity contribution in [1.29, 1.82) is 0 Å². The molecule has 2 aromatic carbocycles. The average Bonchev–Trinajstić information content (AvgIpc) is 2.90. The number of carbonyl (C=O) groups excluding carboxylic acids is 5. The van der Waals surface area contributed by atoms with Gasteiger partial charge in [0.25, 0.3) is 5.69 Å². The van der Waals surface area contributed by atoms with E-state index in [1.807, 2.05) is 0 Å². The molecule has 0 radical (unpaired) electrons. The maximum absolute atomic E-state index is 13.2. The molecule has 244 valence electrons. The van der Waals surface area contributed by atoms with Gasteiger partial charge in [-0.1, -0.05) is 12.1 Å². The molecule has 45 heavy (non-hydrogen) atoms. The Bertz CT molecular complexity index is 1380. The van der Waals surface area contributed by atoms with E-state index in [-0.39, 0.29) is 23.6 Å². The molecule has 0 heterocycles. The third kappa shape index (κ3) is 13.8. The Morgan fingerprint density at radius 3 is 1.84 bits per heavy atom. The molecule has 3 N–H and O–H groups in total. The molecule has 15 heteroatoms. The summed E-state index contributed by atoms with van der Waals surface area (Å²) < 4.78 is 20.6. The molecule has 0 spiro atoms. The van der Waals surface area contributed by atoms with Gasteiger partial charge in [0.05, 0.1) is 4.92 Å². The summed E-state index contributed by atoms with van der Waals surface area (Å²) in [5.41, 5.74) is -1.19. The fourth-order valence-corrected chi connectivity index (χ4v) is 3.45. The number of nitrogens with zero attached hydrogens (tertiary/aromatic N) is 1. The van der Waals surface area contributed by atoms with Gasteiger partial charge in [-0.2, -0.15) is 0 Å². The number of ether oxygens (including phenoxy) is 4. The molecule has 3 amide bonds. The van der Waals surface area contributed by atoms with E-state index in [1.54, 1.807) is 53.7 Å². The van der Waals surface area contributed by atoms with Crippen LogP contribution < -0.4 is 25.4 Å². The summed E-state index contributed by atoms with van der Waals surface area (Å²) in [6.45, 7) is 10.9. The van der Waals surface area contributed by atoms with E-state index < -0.39 is 64.8 Å². The summed E-state index contributed by atoms with van der Waals surface area (Å²) in [5.74, 6) is -2.04. The predicted octanol–water partition coefficient (Wildman–Crippen LogP) is 3.57. The zero-order chi connectivity index (χ0) is 33.9. The summed E-state index contributed by atoms with van der Waals surface area (Å²) >= 11 is 0. The van der Waals surface area contributed by atoms with Gasteiger partial charge in [-0.25, -0.2) is 14.4 Å². The first-order chi connectivity index (χ1) is 20.8. The molecule has 0 aliphatic rings. The van der Waals surface area contributed by atoms with E-state index in [4.69, 9.17) is 18.9 Å². The average molecular weight is 631 g/mol. The fourth-order valence-electron chi connectivity index (χ4n) is 3.45. The zero-order valence-corrected chi connectivity index (χ0v) is 26.1. The molecule has 0 fully saturated rings. The zero-order valence-electron chi connectivity index (χ0n) is 26.1. The van der Waals surface area contributed by atoms with Gasteiger partial charge in [0.2, 0.25) is 11.8 Å². The summed E-state index contributed by atoms with van der Waals surface area (Å²) in [7, 11) is 0. The second kappa shape index (κ2) is 15.5. The summed E-state index contributed by atoms with van der Waals surface area (Å²) in [6.07, 6.45) is -1.77. The number of esters is 1. The molecule has 0 saturated carbocycles. The van der Waals surface area contributed by atoms with Crippen molar-refractivity contribution in [3.8, 4) is 11.5 Å². The Morgan fingerprint density at radius 2 is 1.31 bits per heavy atom. The van der Waals surface area contributed by atoms with Crippen LogP contribution in [0.5, 0.6) is 11.5 Å². The Hall–Kier alpha value is -5.21. The summed E-state index contributed by atoms with van der Waals surface area (Å²) in [6, 6.07) is 8.64. The molecule has 2 rings (SSSR count). The minimum atomic E-state index is -1.18. The highest BCUT2D eigenvalue weighted by Gasteiger charge is 2.27. The number of nitrogens with one attached hydrogen (secondary N) is 3. The molecule has 0 saturated heterocycles. The van der Waals surface area contributed by atoms with Gasteiger partial charge in [-0.15, -0.1) is 0 Å². The van der Waals surface area contributed by atoms with E-state index in [0.29, 0.717) is 5.56 Å². The van der Waals surface area contributed by atoms with Crippen LogP contribution in [0, 0.1) is 10.1 Å². The highest BCUT2D eigenvalue weighted by Crippen LogP contribution is 2.18. The number of nitro groups is 1. The van der Waals surface area contributed by atoms with Gasteiger partial charge < -0.3 is 34.9 Å². The third-order valence-corrected chi connectivity index (χ3v) is 5.40. The van der Waals surface area contributed by atoms with Crippen molar-refractivity contribution in [2.24, 2.45) is 0 Å². The van der Waals surface area contributed by atoms with Crippen LogP contribution in [0.3, 0.4) is 0 Å². The quantitative estimate of drug-likeness (QED) is 0.108. The SMILES string of the molecule is C[C@H](NC(=O)[C@@H](Cc1ccc(OC(=O)OC(C)(C)C)cc1)NC(=O)OC(C)(C)C)C(=O)NCC(=O)Oc1ccc([N+](=O)[O-])cc1. The molecule has 15 nitrogen and oxygen atoms in total. The second-order valence-corrected chi connectivity index (χ2v) is 11.8. The number of non-ortho nitro benzene ring substituents is 1. The van der Waals surface area contributed by atoms with E-state index in [0.717, 1.165) is 12.1 Å². The van der Waals surface area contributed by atoms with Crippen molar-refractivity contribution in [1.82, 2.24) is 16.0 Å². The maximum Gasteiger partial charge on any atom is 0.514 e. The largest absolute Gasteiger partial charge is 0.514 e. The van der Waals surface area contributed by atoms with E-state index in [9.17, 15) is 34.1 Å². The van der Waals surface area contributed by atoms with Crippen LogP contribution in [-0.2, 0) is 30.3 Å². The lowest BCUT2D eigenvalue weighted by molar-refractivity contribution is -0.384. The first-order valence-electron chi connectivity index (χ1n) is 13.8. The van der Waals surface area contributed by atoms with Crippen molar-refractivity contribution in [2.45, 2.75) is 78.2 Å². The number of carbonyl (C=O) groups is 5. The van der Waals surface area contributed by atoms with Crippen molar-refractivity contribution in [3.05, 3.63) is 64.2 Å². The van der Waals surface area contributed by atoms with Crippen molar-refractivity contribution >= 4 is 35.7 Å². The topological polar surface area (TPSA) is 201 Å². The first-order valence-corrected chi connectivity index (χ1v) is 13.8. The van der Waals surface area contributed by atoms with Gasteiger partial charge in [0.1, 0.15) is 41.3 Å². The lowest BCUT2D eigenvalue weighted by Crippen LogP contribution is -2.54. The van der Waals surface area contributed by atoms with Gasteiger partial charge in [-0.05, 0) is 78.3 Å². The highest BCUT2D eigenvalue weighted by atomic mass is 16.7. The number of benzene rings is 2. The van der Waals surface area contributed by atoms with Gasteiger partial charge in [0, 0.05) is 18.6 Å². The normalized spacial score (nSPS) is 12.5. The minimum Gasteiger partial charge on any atom is -0.444 e. The van der Waals surface area contributed by atoms with Gasteiger partial charge >= 0.3 is 18.2 Å². The smallest absolute Gasteiger partial charge is 0.444 e. The van der Waals surface area contributed by atoms with Crippen LogP contribution in [0.2, 0.25) is 0 Å². The maximum atomic E-state index is 13.2. The number of amides is 3. The van der Waals surface area contributed by atoms with Crippen molar-refractivity contribution in [2.75, 3.05) is 6.54 Å². The molecular formula is C30H38N4O11. The Kier molecular flexibility index (Phi) is 12.4. The van der Waals surface area contributed by atoms with Crippen LogP contribution in [0.4, 0.5) is 15.3 Å². The molecular weight excluding hydrogens is 592 g/mol. The minimum absolute atomic E-state index is 0.0201. The molecule has 0 aromatic heterocycles. The Labute approximate surface area is 260 Å². The van der Waals surface area contributed by atoms with E-state index in [1.165, 1.54) is 31.2 Å². The van der Waals surface area contributed by atoms with Gasteiger partial charge in [0.15, 0.2) is 0 Å². The van der Waals surface area contributed by atoms with Crippen LogP contribution in [-0.4, -0.2) is 64.8 Å². The standard InChI is InChI=1S/C30H38N4O11/c1-18(25(36)31-17-24(35)42-21-14-10-20(11-15-21)34(40)41)32-26(37)23(33-27(38)44-29(2,3)4)16-19-8-12-22(13-9-19)43-28(39)45-30(5,6)7/h8-15,18,23H,16-17H2,1-7H3,(H,31,36)(H,32,37)(H,33,38)/t18-,23+/m0/s1. The Balaban J connectivity index is 2.01. The number of alkyl carbamates (subject to hydrolysis) is 1. The van der Waals surface area contributed by atoms with Crippen molar-refractivity contribution in [3.63, 3.8) is 0 Å². The lowest BCUT2D eigenvalue weighted by Gasteiger charge is -2.24. The third-order valence-electron chi connectivity index (χ3n) is 5.40. The molecule has 0 aliphatic heterocycles.